The number of esters is 1. The number of anilines is 1. The Hall–Kier alpha value is -2.31. The van der Waals surface area contributed by atoms with E-state index in [-0.39, 0.29) is 0 Å². The summed E-state index contributed by atoms with van der Waals surface area (Å²) >= 11 is 0. The number of hydrogen-bond acceptors (Lipinski definition) is 6. The van der Waals surface area contributed by atoms with E-state index in [1.807, 2.05) is 45.0 Å². The fraction of sp³-hybridized carbons (Fsp3) is 0.476. The molecule has 2 aromatic carbocycles. The summed E-state index contributed by atoms with van der Waals surface area (Å²) in [6.45, 7) is 10.2. The van der Waals surface area contributed by atoms with Crippen LogP contribution in [0.2, 0.25) is 0 Å². The predicted octanol–water partition coefficient (Wildman–Crippen LogP) is 3.09. The summed E-state index contributed by atoms with van der Waals surface area (Å²) in [6.07, 6.45) is 0. The Bertz CT molecular complexity index is 808. The highest BCUT2D eigenvalue weighted by Crippen LogP contribution is 2.34. The Morgan fingerprint density at radius 1 is 1.19 bits per heavy atom. The highest BCUT2D eigenvalue weighted by Gasteiger charge is 2.22. The lowest BCUT2D eigenvalue weighted by molar-refractivity contribution is 0.00702. The largest absolute Gasteiger partial charge is 0.492 e. The molecule has 2 aromatic rings. The van der Waals surface area contributed by atoms with Crippen LogP contribution in [-0.4, -0.2) is 55.9 Å². The quantitative estimate of drug-likeness (QED) is 0.642. The van der Waals surface area contributed by atoms with E-state index < -0.39 is 11.6 Å². The van der Waals surface area contributed by atoms with Crippen molar-refractivity contribution >= 4 is 22.4 Å². The molecule has 1 heterocycles. The number of hydrogen-bond donors (Lipinski definition) is 1. The molecule has 0 unspecified atom stereocenters. The number of benzene rings is 2. The number of fused-ring (bicyclic) bond motifs is 1. The van der Waals surface area contributed by atoms with Gasteiger partial charge in [0, 0.05) is 30.4 Å². The molecular formula is C21H28N2O4. The summed E-state index contributed by atoms with van der Waals surface area (Å²) in [7, 11) is 0. The summed E-state index contributed by atoms with van der Waals surface area (Å²) in [6, 6.07) is 9.38. The standard InChI is InChI=1S/C21H28N2O4/c1-21(2,3)27-20(24)17-14-18(15-6-4-5-7-16(15)19(17)22)26-13-10-23-8-11-25-12-9-23/h4-7,14H,8-13,22H2,1-3H3. The molecule has 1 fully saturated rings. The monoisotopic (exact) mass is 372 g/mol. The van der Waals surface area contributed by atoms with E-state index in [0.29, 0.717) is 23.6 Å². The van der Waals surface area contributed by atoms with Gasteiger partial charge < -0.3 is 19.9 Å². The van der Waals surface area contributed by atoms with Gasteiger partial charge in [-0.05, 0) is 26.8 Å². The van der Waals surface area contributed by atoms with Crippen molar-refractivity contribution < 1.29 is 19.0 Å². The van der Waals surface area contributed by atoms with E-state index >= 15 is 0 Å². The van der Waals surface area contributed by atoms with Gasteiger partial charge in [0.15, 0.2) is 0 Å². The van der Waals surface area contributed by atoms with Crippen molar-refractivity contribution in [2.75, 3.05) is 45.2 Å². The van der Waals surface area contributed by atoms with Crippen LogP contribution in [0.1, 0.15) is 31.1 Å². The van der Waals surface area contributed by atoms with Crippen molar-refractivity contribution in [3.8, 4) is 5.75 Å². The van der Waals surface area contributed by atoms with Crippen LogP contribution >= 0.6 is 0 Å². The van der Waals surface area contributed by atoms with Crippen LogP contribution in [0, 0.1) is 0 Å². The molecule has 6 heteroatoms. The van der Waals surface area contributed by atoms with Crippen molar-refractivity contribution in [2.24, 2.45) is 0 Å². The first-order valence-electron chi connectivity index (χ1n) is 9.32. The average molecular weight is 372 g/mol. The van der Waals surface area contributed by atoms with E-state index in [4.69, 9.17) is 19.9 Å². The minimum Gasteiger partial charge on any atom is -0.492 e. The first-order chi connectivity index (χ1) is 12.8. The van der Waals surface area contributed by atoms with Gasteiger partial charge in [-0.1, -0.05) is 24.3 Å². The second-order valence-corrected chi connectivity index (χ2v) is 7.69. The molecule has 3 rings (SSSR count). The molecule has 1 aliphatic rings. The minimum atomic E-state index is -0.591. The van der Waals surface area contributed by atoms with Gasteiger partial charge in [-0.3, -0.25) is 4.90 Å². The molecule has 0 amide bonds. The van der Waals surface area contributed by atoms with Crippen LogP contribution in [0.4, 0.5) is 5.69 Å². The number of carbonyl (C=O) groups excluding carboxylic acids is 1. The number of nitrogens with two attached hydrogens (primary N) is 1. The summed E-state index contributed by atoms with van der Waals surface area (Å²) in [5.41, 5.74) is 6.44. The molecule has 0 spiro atoms. The Morgan fingerprint density at radius 2 is 1.85 bits per heavy atom. The van der Waals surface area contributed by atoms with Crippen LogP contribution in [0.15, 0.2) is 30.3 Å². The van der Waals surface area contributed by atoms with Crippen LogP contribution in [0.25, 0.3) is 10.8 Å². The zero-order valence-corrected chi connectivity index (χ0v) is 16.3. The fourth-order valence-electron chi connectivity index (χ4n) is 3.10. The van der Waals surface area contributed by atoms with Crippen molar-refractivity contribution in [3.05, 3.63) is 35.9 Å². The summed E-state index contributed by atoms with van der Waals surface area (Å²) in [4.78, 5) is 14.9. The molecule has 0 aliphatic carbocycles. The number of nitrogen functional groups attached to an aromatic ring is 1. The van der Waals surface area contributed by atoms with Crippen LogP contribution in [-0.2, 0) is 9.47 Å². The van der Waals surface area contributed by atoms with Gasteiger partial charge in [0.2, 0.25) is 0 Å². The van der Waals surface area contributed by atoms with Crippen molar-refractivity contribution in [1.29, 1.82) is 0 Å². The van der Waals surface area contributed by atoms with Crippen LogP contribution in [0.3, 0.4) is 0 Å². The maximum absolute atomic E-state index is 12.6. The summed E-state index contributed by atoms with van der Waals surface area (Å²) in [5, 5.41) is 1.69. The number of carbonyl (C=O) groups is 1. The third kappa shape index (κ3) is 4.90. The Balaban J connectivity index is 1.84. The lowest BCUT2D eigenvalue weighted by Gasteiger charge is -2.26. The second-order valence-electron chi connectivity index (χ2n) is 7.69. The van der Waals surface area contributed by atoms with E-state index in [0.717, 1.165) is 43.6 Å². The first-order valence-corrected chi connectivity index (χ1v) is 9.32. The Morgan fingerprint density at radius 3 is 2.52 bits per heavy atom. The zero-order chi connectivity index (χ0) is 19.4. The lowest BCUT2D eigenvalue weighted by atomic mass is 10.0. The van der Waals surface area contributed by atoms with Gasteiger partial charge in [-0.25, -0.2) is 4.79 Å². The second kappa shape index (κ2) is 8.15. The fourth-order valence-corrected chi connectivity index (χ4v) is 3.10. The molecule has 2 N–H and O–H groups in total. The van der Waals surface area contributed by atoms with Crippen LogP contribution in [0.5, 0.6) is 5.75 Å². The predicted molar refractivity (Wildman–Crippen MR) is 106 cm³/mol. The highest BCUT2D eigenvalue weighted by molar-refractivity contribution is 6.08. The average Bonchev–Trinajstić information content (AvgIpc) is 2.63. The van der Waals surface area contributed by atoms with Gasteiger partial charge in [0.05, 0.1) is 24.5 Å². The third-order valence-electron chi connectivity index (χ3n) is 4.44. The molecule has 1 aliphatic heterocycles. The maximum atomic E-state index is 12.6. The highest BCUT2D eigenvalue weighted by atomic mass is 16.6. The molecular weight excluding hydrogens is 344 g/mol. The maximum Gasteiger partial charge on any atom is 0.340 e. The SMILES string of the molecule is CC(C)(C)OC(=O)c1cc(OCCN2CCOCC2)c2ccccc2c1N. The number of morpholine rings is 1. The molecule has 27 heavy (non-hydrogen) atoms. The number of nitrogens with zero attached hydrogens (tertiary/aromatic N) is 1. The van der Waals surface area contributed by atoms with Crippen molar-refractivity contribution in [2.45, 2.75) is 26.4 Å². The van der Waals surface area contributed by atoms with E-state index in [9.17, 15) is 4.79 Å². The van der Waals surface area contributed by atoms with Gasteiger partial charge in [-0.2, -0.15) is 0 Å². The molecule has 0 saturated carbocycles. The van der Waals surface area contributed by atoms with Gasteiger partial charge in [0.25, 0.3) is 0 Å². The normalized spacial score (nSPS) is 15.7. The third-order valence-corrected chi connectivity index (χ3v) is 4.44. The Labute approximate surface area is 160 Å². The molecule has 1 saturated heterocycles. The lowest BCUT2D eigenvalue weighted by Crippen LogP contribution is -2.38. The molecule has 0 atom stereocenters. The topological polar surface area (TPSA) is 74.0 Å². The minimum absolute atomic E-state index is 0.338. The van der Waals surface area contributed by atoms with Crippen molar-refractivity contribution in [3.63, 3.8) is 0 Å². The first kappa shape index (κ1) is 19.5. The van der Waals surface area contributed by atoms with E-state index in [2.05, 4.69) is 4.90 Å². The summed E-state index contributed by atoms with van der Waals surface area (Å²) in [5.74, 6) is 0.206. The molecule has 6 nitrogen and oxygen atoms in total. The Kier molecular flexibility index (Phi) is 5.87. The van der Waals surface area contributed by atoms with Crippen LogP contribution < -0.4 is 10.5 Å². The summed E-state index contributed by atoms with van der Waals surface area (Å²) < 4.78 is 16.9. The number of rotatable bonds is 5. The molecule has 0 radical (unpaired) electrons. The van der Waals surface area contributed by atoms with Gasteiger partial charge in [-0.15, -0.1) is 0 Å². The zero-order valence-electron chi connectivity index (χ0n) is 16.3. The van der Waals surface area contributed by atoms with E-state index in [1.54, 1.807) is 6.07 Å². The molecule has 0 aromatic heterocycles. The molecule has 146 valence electrons. The van der Waals surface area contributed by atoms with Gasteiger partial charge in [0.1, 0.15) is 18.0 Å². The molecule has 0 bridgehead atoms. The van der Waals surface area contributed by atoms with E-state index in [1.165, 1.54) is 0 Å². The van der Waals surface area contributed by atoms with Gasteiger partial charge >= 0.3 is 5.97 Å². The van der Waals surface area contributed by atoms with Crippen molar-refractivity contribution in [1.82, 2.24) is 4.90 Å². The number of ether oxygens (including phenoxy) is 3. The smallest absolute Gasteiger partial charge is 0.340 e.